The summed E-state index contributed by atoms with van der Waals surface area (Å²) >= 11 is 1.44. The summed E-state index contributed by atoms with van der Waals surface area (Å²) in [5, 5.41) is 9.41. The van der Waals surface area contributed by atoms with Crippen LogP contribution in [0.5, 0.6) is 0 Å². The highest BCUT2D eigenvalue weighted by Gasteiger charge is 2.28. The quantitative estimate of drug-likeness (QED) is 0.549. The number of anilines is 1. The molecule has 0 unspecified atom stereocenters. The van der Waals surface area contributed by atoms with Crippen molar-refractivity contribution in [1.29, 1.82) is 5.26 Å². The molecule has 2 amide bonds. The van der Waals surface area contributed by atoms with Gasteiger partial charge in [0.25, 0.3) is 5.91 Å². The van der Waals surface area contributed by atoms with Crippen molar-refractivity contribution in [2.75, 3.05) is 44.2 Å². The van der Waals surface area contributed by atoms with Crippen LogP contribution < -0.4 is 4.90 Å². The molecular weight excluding hydrogens is 456 g/mol. The Morgan fingerprint density at radius 2 is 1.51 bits per heavy atom. The predicted octanol–water partition coefficient (Wildman–Crippen LogP) is 4.06. The molecule has 6 nitrogen and oxygen atoms in total. The van der Waals surface area contributed by atoms with Crippen LogP contribution in [0, 0.1) is 11.3 Å². The summed E-state index contributed by atoms with van der Waals surface area (Å²) in [4.78, 5) is 33.9. The molecule has 7 heteroatoms. The van der Waals surface area contributed by atoms with Crippen molar-refractivity contribution >= 4 is 29.3 Å². The molecule has 0 bridgehead atoms. The number of hydrogen-bond donors (Lipinski definition) is 0. The highest BCUT2D eigenvalue weighted by Crippen LogP contribution is 2.33. The Hall–Kier alpha value is -3.60. The first-order valence-electron chi connectivity index (χ1n) is 11.8. The van der Waals surface area contributed by atoms with E-state index in [0.717, 1.165) is 28.4 Å². The largest absolute Gasteiger partial charge is 0.336 e. The summed E-state index contributed by atoms with van der Waals surface area (Å²) in [7, 11) is 0. The van der Waals surface area contributed by atoms with E-state index in [-0.39, 0.29) is 11.8 Å². The second kappa shape index (κ2) is 10.3. The molecule has 1 fully saturated rings. The Labute approximate surface area is 209 Å². The van der Waals surface area contributed by atoms with Gasteiger partial charge in [0, 0.05) is 48.2 Å². The van der Waals surface area contributed by atoms with Crippen molar-refractivity contribution in [3.8, 4) is 6.07 Å². The molecule has 0 spiro atoms. The molecule has 0 radical (unpaired) electrons. The fourth-order valence-electron chi connectivity index (χ4n) is 4.65. The van der Waals surface area contributed by atoms with Crippen molar-refractivity contribution < 1.29 is 9.59 Å². The van der Waals surface area contributed by atoms with Gasteiger partial charge in [-0.15, -0.1) is 0 Å². The maximum atomic E-state index is 13.4. The van der Waals surface area contributed by atoms with Gasteiger partial charge in [-0.1, -0.05) is 54.2 Å². The van der Waals surface area contributed by atoms with E-state index in [2.05, 4.69) is 17.0 Å². The van der Waals surface area contributed by atoms with E-state index in [9.17, 15) is 14.9 Å². The minimum Gasteiger partial charge on any atom is -0.336 e. The minimum absolute atomic E-state index is 0.0121. The zero-order valence-corrected chi connectivity index (χ0v) is 20.2. The second-order valence-corrected chi connectivity index (χ2v) is 9.78. The topological polar surface area (TPSA) is 67.6 Å². The van der Waals surface area contributed by atoms with E-state index in [1.54, 1.807) is 6.07 Å². The molecule has 176 valence electrons. The van der Waals surface area contributed by atoms with E-state index in [1.165, 1.54) is 17.3 Å². The van der Waals surface area contributed by atoms with E-state index in [0.29, 0.717) is 43.9 Å². The molecule has 2 heterocycles. The number of rotatable bonds is 5. The minimum atomic E-state index is -0.0121. The standard InChI is InChI=1S/C28H26N4O2S/c29-19-22-8-2-5-11-25(22)35-26-12-6-3-9-23(26)28(34)31-17-15-30(16-18-31)20-27(33)32-14-13-21-7-1-4-10-24(21)32/h1-12H,13-18,20H2. The van der Waals surface area contributed by atoms with Gasteiger partial charge in [0.1, 0.15) is 6.07 Å². The smallest absolute Gasteiger partial charge is 0.255 e. The third kappa shape index (κ3) is 4.95. The Morgan fingerprint density at radius 1 is 0.829 bits per heavy atom. The number of carbonyl (C=O) groups excluding carboxylic acids is 2. The van der Waals surface area contributed by atoms with Gasteiger partial charge in [-0.3, -0.25) is 14.5 Å². The molecule has 0 saturated carbocycles. The summed E-state index contributed by atoms with van der Waals surface area (Å²) in [6, 6.07) is 25.3. The molecule has 2 aliphatic rings. The van der Waals surface area contributed by atoms with Crippen LogP contribution in [0.3, 0.4) is 0 Å². The molecule has 5 rings (SSSR count). The van der Waals surface area contributed by atoms with E-state index >= 15 is 0 Å². The van der Waals surface area contributed by atoms with Crippen LogP contribution in [-0.2, 0) is 11.2 Å². The maximum Gasteiger partial charge on any atom is 0.255 e. The zero-order valence-electron chi connectivity index (χ0n) is 19.4. The third-order valence-electron chi connectivity index (χ3n) is 6.55. The SMILES string of the molecule is N#Cc1ccccc1Sc1ccccc1C(=O)N1CCN(CC(=O)N2CCc3ccccc32)CC1. The van der Waals surface area contributed by atoms with Crippen molar-refractivity contribution in [1.82, 2.24) is 9.80 Å². The van der Waals surface area contributed by atoms with Gasteiger partial charge in [-0.05, 0) is 42.3 Å². The van der Waals surface area contributed by atoms with E-state index in [1.807, 2.05) is 70.5 Å². The summed E-state index contributed by atoms with van der Waals surface area (Å²) in [6.45, 7) is 3.60. The monoisotopic (exact) mass is 482 g/mol. The predicted molar refractivity (Wildman–Crippen MR) is 137 cm³/mol. The molecule has 0 aliphatic carbocycles. The first kappa shape index (κ1) is 23.2. The van der Waals surface area contributed by atoms with Gasteiger partial charge in [-0.25, -0.2) is 0 Å². The van der Waals surface area contributed by atoms with Gasteiger partial charge >= 0.3 is 0 Å². The van der Waals surface area contributed by atoms with Crippen LogP contribution in [0.1, 0.15) is 21.5 Å². The van der Waals surface area contributed by atoms with Gasteiger partial charge in [0.05, 0.1) is 17.7 Å². The molecule has 3 aromatic rings. The number of hydrogen-bond acceptors (Lipinski definition) is 5. The summed E-state index contributed by atoms with van der Waals surface area (Å²) in [5.74, 6) is 0.106. The molecule has 1 saturated heterocycles. The lowest BCUT2D eigenvalue weighted by molar-refractivity contribution is -0.120. The zero-order chi connectivity index (χ0) is 24.2. The molecule has 35 heavy (non-hydrogen) atoms. The fourth-order valence-corrected chi connectivity index (χ4v) is 5.67. The highest BCUT2D eigenvalue weighted by molar-refractivity contribution is 7.99. The third-order valence-corrected chi connectivity index (χ3v) is 7.70. The first-order chi connectivity index (χ1) is 17.1. The fraction of sp³-hybridized carbons (Fsp3) is 0.250. The van der Waals surface area contributed by atoms with E-state index < -0.39 is 0 Å². The lowest BCUT2D eigenvalue weighted by Gasteiger charge is -2.35. The molecule has 0 N–H and O–H groups in total. The summed E-state index contributed by atoms with van der Waals surface area (Å²) in [5.41, 5.74) is 3.49. The first-order valence-corrected chi connectivity index (χ1v) is 12.6. The lowest BCUT2D eigenvalue weighted by atomic mass is 10.1. The van der Waals surface area contributed by atoms with Crippen LogP contribution in [0.15, 0.2) is 82.6 Å². The maximum absolute atomic E-state index is 13.4. The molecule has 2 aliphatic heterocycles. The number of nitrogens with zero attached hydrogens (tertiary/aromatic N) is 4. The Balaban J connectivity index is 1.21. The van der Waals surface area contributed by atoms with Crippen molar-refractivity contribution in [2.24, 2.45) is 0 Å². The summed E-state index contributed by atoms with van der Waals surface area (Å²) in [6.07, 6.45) is 0.903. The molecular formula is C28H26N4O2S. The van der Waals surface area contributed by atoms with Crippen molar-refractivity contribution in [3.05, 3.63) is 89.5 Å². The van der Waals surface area contributed by atoms with Gasteiger partial charge in [0.15, 0.2) is 0 Å². The van der Waals surface area contributed by atoms with Crippen LogP contribution >= 0.6 is 11.8 Å². The van der Waals surface area contributed by atoms with Crippen LogP contribution in [0.4, 0.5) is 5.69 Å². The Kier molecular flexibility index (Phi) is 6.84. The number of benzene rings is 3. The van der Waals surface area contributed by atoms with Crippen LogP contribution in [0.25, 0.3) is 0 Å². The van der Waals surface area contributed by atoms with E-state index in [4.69, 9.17) is 0 Å². The number of fused-ring (bicyclic) bond motifs is 1. The lowest BCUT2D eigenvalue weighted by Crippen LogP contribution is -2.51. The number of amides is 2. The number of nitriles is 1. The molecule has 0 atom stereocenters. The van der Waals surface area contributed by atoms with Crippen LogP contribution in [-0.4, -0.2) is 60.9 Å². The second-order valence-electron chi connectivity index (χ2n) is 8.70. The number of piperazine rings is 1. The normalized spacial score (nSPS) is 15.5. The molecule has 3 aromatic carbocycles. The van der Waals surface area contributed by atoms with Gasteiger partial charge in [0.2, 0.25) is 5.91 Å². The average Bonchev–Trinajstić information content (AvgIpc) is 3.34. The number of carbonyl (C=O) groups is 2. The van der Waals surface area contributed by atoms with Crippen molar-refractivity contribution in [3.63, 3.8) is 0 Å². The summed E-state index contributed by atoms with van der Waals surface area (Å²) < 4.78 is 0. The Bertz CT molecular complexity index is 1290. The average molecular weight is 483 g/mol. The number of para-hydroxylation sites is 1. The van der Waals surface area contributed by atoms with Crippen molar-refractivity contribution in [2.45, 2.75) is 16.2 Å². The van der Waals surface area contributed by atoms with Gasteiger partial charge in [-0.2, -0.15) is 5.26 Å². The van der Waals surface area contributed by atoms with Crippen LogP contribution in [0.2, 0.25) is 0 Å². The highest BCUT2D eigenvalue weighted by atomic mass is 32.2. The Morgan fingerprint density at radius 3 is 2.31 bits per heavy atom. The molecule has 0 aromatic heterocycles. The van der Waals surface area contributed by atoms with Gasteiger partial charge < -0.3 is 9.80 Å².